The molecule has 0 spiro atoms. The molecule has 0 radical (unpaired) electrons. The van der Waals surface area contributed by atoms with Crippen LogP contribution in [-0.4, -0.2) is 47.4 Å². The second-order valence-electron chi connectivity index (χ2n) is 10.7. The van der Waals surface area contributed by atoms with Gasteiger partial charge in [-0.05, 0) is 49.3 Å². The largest absolute Gasteiger partial charge is 0.419 e. The van der Waals surface area contributed by atoms with Crippen LogP contribution in [0.1, 0.15) is 82.5 Å². The molecule has 2 N–H and O–H groups in total. The second kappa shape index (κ2) is 13.7. The Morgan fingerprint density at radius 3 is 2.31 bits per heavy atom. The number of hydrogen-bond acceptors (Lipinski definition) is 7. The zero-order valence-electron chi connectivity index (χ0n) is 22.8. The average molecular weight is 556 g/mol. The Labute approximate surface area is 235 Å². The normalized spacial score (nSPS) is 16.1. The minimum Gasteiger partial charge on any atom is -0.419 e. The number of amides is 2. The van der Waals surface area contributed by atoms with Gasteiger partial charge in [-0.15, -0.1) is 0 Å². The van der Waals surface area contributed by atoms with Crippen LogP contribution in [0.3, 0.4) is 0 Å². The van der Waals surface area contributed by atoms with Crippen molar-refractivity contribution in [3.8, 4) is 5.75 Å². The highest BCUT2D eigenvalue weighted by Crippen LogP contribution is 2.33. The van der Waals surface area contributed by atoms with E-state index in [0.29, 0.717) is 24.6 Å². The lowest BCUT2D eigenvalue weighted by atomic mass is 9.87. The topological polar surface area (TPSA) is 114 Å². The van der Waals surface area contributed by atoms with E-state index >= 15 is 0 Å². The Morgan fingerprint density at radius 2 is 1.64 bits per heavy atom. The molecule has 2 fully saturated rings. The van der Waals surface area contributed by atoms with Crippen LogP contribution in [0, 0.1) is 5.92 Å². The molecule has 2 aliphatic carbocycles. The van der Waals surface area contributed by atoms with Crippen LogP contribution in [0.2, 0.25) is 5.15 Å². The average Bonchev–Trinajstić information content (AvgIpc) is 3.40. The predicted molar refractivity (Wildman–Crippen MR) is 151 cm³/mol. The lowest BCUT2D eigenvalue weighted by Crippen LogP contribution is -2.40. The summed E-state index contributed by atoms with van der Waals surface area (Å²) in [4.78, 5) is 47.4. The Morgan fingerprint density at radius 1 is 0.974 bits per heavy atom. The van der Waals surface area contributed by atoms with Crippen LogP contribution < -0.4 is 20.3 Å². The van der Waals surface area contributed by atoms with Crippen molar-refractivity contribution in [3.05, 3.63) is 40.8 Å². The van der Waals surface area contributed by atoms with Gasteiger partial charge >= 0.3 is 5.97 Å². The zero-order chi connectivity index (χ0) is 27.8. The van der Waals surface area contributed by atoms with Gasteiger partial charge in [-0.2, -0.15) is 0 Å². The number of aromatic nitrogens is 2. The maximum Gasteiger partial charge on any atom is 0.308 e. The number of esters is 1. The van der Waals surface area contributed by atoms with E-state index in [1.807, 2.05) is 24.3 Å². The number of carbonyl (C=O) groups is 3. The highest BCUT2D eigenvalue weighted by Gasteiger charge is 2.23. The van der Waals surface area contributed by atoms with Crippen molar-refractivity contribution in [1.82, 2.24) is 15.3 Å². The van der Waals surface area contributed by atoms with Crippen molar-refractivity contribution in [2.24, 2.45) is 5.92 Å². The summed E-state index contributed by atoms with van der Waals surface area (Å²) in [5.41, 5.74) is 1.67. The molecule has 2 saturated carbocycles. The van der Waals surface area contributed by atoms with E-state index < -0.39 is 5.97 Å². The monoisotopic (exact) mass is 555 g/mol. The first-order valence-corrected chi connectivity index (χ1v) is 14.3. The van der Waals surface area contributed by atoms with Crippen LogP contribution in [0.5, 0.6) is 5.75 Å². The van der Waals surface area contributed by atoms with E-state index in [-0.39, 0.29) is 41.1 Å². The number of carbonyl (C=O) groups excluding carboxylic acids is 3. The van der Waals surface area contributed by atoms with Crippen LogP contribution in [0.25, 0.3) is 0 Å². The summed E-state index contributed by atoms with van der Waals surface area (Å²) < 4.78 is 5.32. The molecule has 1 aromatic carbocycles. The number of likely N-dealkylation sites (N-methyl/N-ethyl adjacent to an activating group) is 1. The van der Waals surface area contributed by atoms with Gasteiger partial charge in [-0.3, -0.25) is 14.4 Å². The lowest BCUT2D eigenvalue weighted by molar-refractivity contribution is -0.131. The molecule has 4 rings (SSSR count). The Hall–Kier alpha value is -3.20. The van der Waals surface area contributed by atoms with Gasteiger partial charge in [-0.25, -0.2) is 9.97 Å². The lowest BCUT2D eigenvalue weighted by Gasteiger charge is -2.22. The molecule has 1 aromatic heterocycles. The number of benzene rings is 1. The summed E-state index contributed by atoms with van der Waals surface area (Å²) in [5.74, 6) is 0.568. The summed E-state index contributed by atoms with van der Waals surface area (Å²) in [6, 6.07) is 7.74. The summed E-state index contributed by atoms with van der Waals surface area (Å²) in [7, 11) is 1.70. The Bertz CT molecular complexity index is 1160. The molecule has 0 bridgehead atoms. The molecule has 9 nitrogen and oxygen atoms in total. The summed E-state index contributed by atoms with van der Waals surface area (Å²) in [6.07, 6.45) is 11.1. The zero-order valence-corrected chi connectivity index (χ0v) is 23.6. The first-order valence-electron chi connectivity index (χ1n) is 13.9. The van der Waals surface area contributed by atoms with Gasteiger partial charge in [-0.1, -0.05) is 55.8 Å². The fourth-order valence-corrected chi connectivity index (χ4v) is 5.63. The number of ether oxygens (including phenoxy) is 1. The first-order chi connectivity index (χ1) is 18.8. The number of anilines is 2. The van der Waals surface area contributed by atoms with Crippen LogP contribution in [-0.2, 0) is 20.8 Å². The third-order valence-corrected chi connectivity index (χ3v) is 7.62. The maximum absolute atomic E-state index is 12.6. The Balaban J connectivity index is 1.42. The second-order valence-corrected chi connectivity index (χ2v) is 11.1. The van der Waals surface area contributed by atoms with Gasteiger partial charge < -0.3 is 20.3 Å². The van der Waals surface area contributed by atoms with Gasteiger partial charge in [0.2, 0.25) is 17.6 Å². The molecule has 39 heavy (non-hydrogen) atoms. The molecule has 2 aliphatic rings. The van der Waals surface area contributed by atoms with Crippen LogP contribution >= 0.6 is 11.6 Å². The van der Waals surface area contributed by atoms with Crippen LogP contribution in [0.4, 0.5) is 11.5 Å². The number of rotatable bonds is 10. The van der Waals surface area contributed by atoms with E-state index in [9.17, 15) is 14.4 Å². The summed E-state index contributed by atoms with van der Waals surface area (Å²) >= 11 is 6.42. The van der Waals surface area contributed by atoms with E-state index in [2.05, 4.69) is 20.6 Å². The van der Waals surface area contributed by atoms with Gasteiger partial charge in [0.15, 0.2) is 11.0 Å². The van der Waals surface area contributed by atoms with Gasteiger partial charge in [0.25, 0.3) is 0 Å². The SMILES string of the molecule is CC(=O)Oc1c(Cl)nc(Cc2ccc(NC(=O)CC3CCCCC3)cc2)nc1N(C)CC(=O)NC1CCCC1. The van der Waals surface area contributed by atoms with Crippen molar-refractivity contribution >= 4 is 40.9 Å². The summed E-state index contributed by atoms with van der Waals surface area (Å²) in [6.45, 7) is 1.31. The number of nitrogens with zero attached hydrogens (tertiary/aromatic N) is 3. The molecule has 2 amide bonds. The minimum atomic E-state index is -0.556. The molecule has 0 aliphatic heterocycles. The third kappa shape index (κ3) is 8.65. The molecule has 0 unspecified atom stereocenters. The quantitative estimate of drug-likeness (QED) is 0.311. The number of halogens is 1. The molecule has 2 aromatic rings. The van der Waals surface area contributed by atoms with Crippen molar-refractivity contribution in [2.75, 3.05) is 23.8 Å². The molecule has 210 valence electrons. The highest BCUT2D eigenvalue weighted by molar-refractivity contribution is 6.31. The fraction of sp³-hybridized carbons (Fsp3) is 0.552. The molecule has 1 heterocycles. The number of hydrogen-bond donors (Lipinski definition) is 2. The van der Waals surface area contributed by atoms with E-state index in [1.54, 1.807) is 11.9 Å². The van der Waals surface area contributed by atoms with Crippen molar-refractivity contribution < 1.29 is 19.1 Å². The Kier molecular flexibility index (Phi) is 10.1. The third-order valence-electron chi connectivity index (χ3n) is 7.36. The molecule has 0 saturated heterocycles. The number of nitrogens with one attached hydrogen (secondary N) is 2. The predicted octanol–water partition coefficient (Wildman–Crippen LogP) is 5.05. The first kappa shape index (κ1) is 28.8. The van der Waals surface area contributed by atoms with E-state index in [1.165, 1.54) is 26.2 Å². The molecule has 0 atom stereocenters. The van der Waals surface area contributed by atoms with Crippen LogP contribution in [0.15, 0.2) is 24.3 Å². The molecule has 10 heteroatoms. The smallest absolute Gasteiger partial charge is 0.308 e. The van der Waals surface area contributed by atoms with Crippen molar-refractivity contribution in [3.63, 3.8) is 0 Å². The fourth-order valence-electron chi connectivity index (χ4n) is 5.41. The van der Waals surface area contributed by atoms with E-state index in [4.69, 9.17) is 16.3 Å². The highest BCUT2D eigenvalue weighted by atomic mass is 35.5. The summed E-state index contributed by atoms with van der Waals surface area (Å²) in [5, 5.41) is 6.05. The van der Waals surface area contributed by atoms with Gasteiger partial charge in [0.1, 0.15) is 5.82 Å². The van der Waals surface area contributed by atoms with Gasteiger partial charge in [0.05, 0.1) is 6.54 Å². The van der Waals surface area contributed by atoms with Crippen molar-refractivity contribution in [1.29, 1.82) is 0 Å². The van der Waals surface area contributed by atoms with E-state index in [0.717, 1.165) is 49.8 Å². The maximum atomic E-state index is 12.6. The van der Waals surface area contributed by atoms with Gasteiger partial charge in [0, 0.05) is 38.5 Å². The minimum absolute atomic E-state index is 0.000141. The standard InChI is InChI=1S/C29H38ClN5O4/c1-19(36)39-27-28(30)33-24(34-29(27)35(2)18-26(38)32-22-10-6-7-11-22)16-21-12-14-23(15-13-21)31-25(37)17-20-8-4-3-5-9-20/h12-15,20,22H,3-11,16-18H2,1-2H3,(H,31,37)(H,32,38). The molecular weight excluding hydrogens is 518 g/mol. The van der Waals surface area contributed by atoms with Crippen molar-refractivity contribution in [2.45, 2.75) is 83.6 Å². The molecular formula is C29H38ClN5O4.